The van der Waals surface area contributed by atoms with Crippen LogP contribution in [-0.4, -0.2) is 21.1 Å². The molecule has 116 valence electrons. The second kappa shape index (κ2) is 7.02. The van der Waals surface area contributed by atoms with Crippen molar-refractivity contribution in [2.45, 2.75) is 13.3 Å². The fraction of sp³-hybridized carbons (Fsp3) is 0.118. The second-order valence-electron chi connectivity index (χ2n) is 5.01. The predicted octanol–water partition coefficient (Wildman–Crippen LogP) is 4.81. The molecule has 3 aromatic rings. The molecule has 0 aliphatic carbocycles. The monoisotopic (exact) mass is 386 g/mol. The van der Waals surface area contributed by atoms with Crippen LogP contribution >= 0.6 is 28.1 Å². The van der Waals surface area contributed by atoms with Gasteiger partial charge in [0.1, 0.15) is 0 Å². The quantitative estimate of drug-likeness (QED) is 0.516. The van der Waals surface area contributed by atoms with Gasteiger partial charge >= 0.3 is 0 Å². The molecule has 23 heavy (non-hydrogen) atoms. The maximum Gasteiger partial charge on any atom is 0.216 e. The van der Waals surface area contributed by atoms with E-state index >= 15 is 0 Å². The molecule has 0 saturated heterocycles. The lowest BCUT2D eigenvalue weighted by molar-refractivity contribution is 0.871. The van der Waals surface area contributed by atoms with E-state index in [1.807, 2.05) is 36.4 Å². The Balaban J connectivity index is 1.95. The zero-order valence-electron chi connectivity index (χ0n) is 12.5. The number of benzene rings is 2. The molecule has 0 spiro atoms. The van der Waals surface area contributed by atoms with Crippen LogP contribution in [0, 0.1) is 4.77 Å². The van der Waals surface area contributed by atoms with Crippen LogP contribution in [0.3, 0.4) is 0 Å². The van der Waals surface area contributed by atoms with Gasteiger partial charge in [0.15, 0.2) is 5.82 Å². The molecule has 4 nitrogen and oxygen atoms in total. The maximum atomic E-state index is 5.28. The lowest BCUT2D eigenvalue weighted by Crippen LogP contribution is -1.95. The van der Waals surface area contributed by atoms with Gasteiger partial charge in [0, 0.05) is 10.0 Å². The van der Waals surface area contributed by atoms with E-state index in [-0.39, 0.29) is 0 Å². The third kappa shape index (κ3) is 3.65. The average Bonchev–Trinajstić information content (AvgIpc) is 2.94. The van der Waals surface area contributed by atoms with E-state index in [2.05, 4.69) is 50.3 Å². The SMILES string of the molecule is CCc1ccc(/C=N\n2c(-c3cccc(Br)c3)n[nH]c2=S)cc1. The first-order valence-electron chi connectivity index (χ1n) is 7.24. The normalized spacial score (nSPS) is 11.2. The van der Waals surface area contributed by atoms with Crippen LogP contribution in [0.4, 0.5) is 0 Å². The smallest absolute Gasteiger partial charge is 0.216 e. The van der Waals surface area contributed by atoms with Gasteiger partial charge in [0.2, 0.25) is 4.77 Å². The van der Waals surface area contributed by atoms with Crippen molar-refractivity contribution in [1.82, 2.24) is 14.9 Å². The van der Waals surface area contributed by atoms with Gasteiger partial charge < -0.3 is 0 Å². The molecule has 0 saturated carbocycles. The topological polar surface area (TPSA) is 46.0 Å². The van der Waals surface area contributed by atoms with Gasteiger partial charge in [-0.25, -0.2) is 5.10 Å². The molecule has 2 aromatic carbocycles. The van der Waals surface area contributed by atoms with Gasteiger partial charge in [-0.15, -0.1) is 0 Å². The Morgan fingerprint density at radius 3 is 2.74 bits per heavy atom. The molecule has 0 fully saturated rings. The minimum Gasteiger partial charge on any atom is -0.250 e. The number of nitrogens with zero attached hydrogens (tertiary/aromatic N) is 3. The fourth-order valence-electron chi connectivity index (χ4n) is 2.18. The van der Waals surface area contributed by atoms with Gasteiger partial charge in [-0.2, -0.15) is 14.9 Å². The lowest BCUT2D eigenvalue weighted by atomic mass is 10.1. The zero-order chi connectivity index (χ0) is 16.2. The van der Waals surface area contributed by atoms with Gasteiger partial charge in [0.05, 0.1) is 6.21 Å². The summed E-state index contributed by atoms with van der Waals surface area (Å²) in [6.07, 6.45) is 2.81. The zero-order valence-corrected chi connectivity index (χ0v) is 14.9. The van der Waals surface area contributed by atoms with Crippen LogP contribution in [-0.2, 0) is 6.42 Å². The molecule has 6 heteroatoms. The summed E-state index contributed by atoms with van der Waals surface area (Å²) >= 11 is 8.75. The highest BCUT2D eigenvalue weighted by Crippen LogP contribution is 2.21. The van der Waals surface area contributed by atoms with Gasteiger partial charge in [-0.05, 0) is 41.9 Å². The van der Waals surface area contributed by atoms with Crippen LogP contribution in [0.5, 0.6) is 0 Å². The van der Waals surface area contributed by atoms with E-state index in [0.29, 0.717) is 10.6 Å². The number of halogens is 1. The summed E-state index contributed by atoms with van der Waals surface area (Å²) in [6, 6.07) is 16.2. The van der Waals surface area contributed by atoms with E-state index in [9.17, 15) is 0 Å². The molecule has 0 unspecified atom stereocenters. The molecular formula is C17H15BrN4S. The van der Waals surface area contributed by atoms with Crippen LogP contribution in [0.15, 0.2) is 58.1 Å². The number of aromatic amines is 1. The highest BCUT2D eigenvalue weighted by Gasteiger charge is 2.08. The van der Waals surface area contributed by atoms with E-state index in [1.54, 1.807) is 10.9 Å². The number of nitrogens with one attached hydrogen (secondary N) is 1. The minimum absolute atomic E-state index is 0.460. The van der Waals surface area contributed by atoms with Crippen molar-refractivity contribution in [3.05, 3.63) is 68.9 Å². The first kappa shape index (κ1) is 15.8. The van der Waals surface area contributed by atoms with Crippen molar-refractivity contribution in [1.29, 1.82) is 0 Å². The second-order valence-corrected chi connectivity index (χ2v) is 6.32. The molecule has 0 amide bonds. The largest absolute Gasteiger partial charge is 0.250 e. The number of H-pyrrole nitrogens is 1. The van der Waals surface area contributed by atoms with E-state index < -0.39 is 0 Å². The Bertz CT molecular complexity index is 893. The third-order valence-corrected chi connectivity index (χ3v) is 4.20. The molecule has 0 bridgehead atoms. The maximum absolute atomic E-state index is 5.28. The molecule has 3 rings (SSSR count). The molecule has 1 aromatic heterocycles. The highest BCUT2D eigenvalue weighted by molar-refractivity contribution is 9.10. The minimum atomic E-state index is 0.460. The van der Waals surface area contributed by atoms with Gasteiger partial charge in [-0.3, -0.25) is 0 Å². The van der Waals surface area contributed by atoms with Crippen molar-refractivity contribution < 1.29 is 0 Å². The van der Waals surface area contributed by atoms with E-state index in [1.165, 1.54) is 5.56 Å². The summed E-state index contributed by atoms with van der Waals surface area (Å²) in [7, 11) is 0. The number of rotatable bonds is 4. The fourth-order valence-corrected chi connectivity index (χ4v) is 2.76. The Labute approximate surface area is 148 Å². The first-order chi connectivity index (χ1) is 11.2. The highest BCUT2D eigenvalue weighted by atomic mass is 79.9. The molecule has 0 aliphatic rings. The molecular weight excluding hydrogens is 372 g/mol. The number of aromatic nitrogens is 3. The van der Waals surface area contributed by atoms with Crippen molar-refractivity contribution in [2.75, 3.05) is 0 Å². The Kier molecular flexibility index (Phi) is 4.83. The summed E-state index contributed by atoms with van der Waals surface area (Å²) in [4.78, 5) is 0. The van der Waals surface area contributed by atoms with Gasteiger partial charge in [0.25, 0.3) is 0 Å². The van der Waals surface area contributed by atoms with E-state index in [4.69, 9.17) is 12.2 Å². The van der Waals surface area contributed by atoms with Gasteiger partial charge in [-0.1, -0.05) is 59.3 Å². The Morgan fingerprint density at radius 2 is 2.04 bits per heavy atom. The molecule has 1 N–H and O–H groups in total. The summed E-state index contributed by atoms with van der Waals surface area (Å²) in [5.74, 6) is 0.678. The first-order valence-corrected chi connectivity index (χ1v) is 8.44. The van der Waals surface area contributed by atoms with Crippen LogP contribution in [0.2, 0.25) is 0 Å². The van der Waals surface area contributed by atoms with Crippen molar-refractivity contribution >= 4 is 34.4 Å². The molecule has 0 aliphatic heterocycles. The number of hydrogen-bond donors (Lipinski definition) is 1. The van der Waals surface area contributed by atoms with Crippen LogP contribution in [0.1, 0.15) is 18.1 Å². The Hall–Kier alpha value is -2.05. The summed E-state index contributed by atoms with van der Waals surface area (Å²) in [5, 5.41) is 11.6. The van der Waals surface area contributed by atoms with Crippen LogP contribution in [0.25, 0.3) is 11.4 Å². The van der Waals surface area contributed by atoms with Crippen LogP contribution < -0.4 is 0 Å². The summed E-state index contributed by atoms with van der Waals surface area (Å²) < 4.78 is 3.07. The standard InChI is InChI=1S/C17H15BrN4S/c1-2-12-6-8-13(9-7-12)11-19-22-16(20-21-17(22)23)14-4-3-5-15(18)10-14/h3-11H,2H2,1H3,(H,21,23)/b19-11-. The third-order valence-electron chi connectivity index (χ3n) is 3.44. The molecule has 1 heterocycles. The number of aryl methyl sites for hydroxylation is 1. The van der Waals surface area contributed by atoms with Crippen molar-refractivity contribution in [2.24, 2.45) is 5.10 Å². The molecule has 0 atom stereocenters. The van der Waals surface area contributed by atoms with Crippen molar-refractivity contribution in [3.63, 3.8) is 0 Å². The number of hydrogen-bond acceptors (Lipinski definition) is 3. The Morgan fingerprint density at radius 1 is 1.26 bits per heavy atom. The van der Waals surface area contributed by atoms with Crippen molar-refractivity contribution in [3.8, 4) is 11.4 Å². The summed E-state index contributed by atoms with van der Waals surface area (Å²) in [5.41, 5.74) is 3.26. The predicted molar refractivity (Wildman–Crippen MR) is 99.4 cm³/mol. The lowest BCUT2D eigenvalue weighted by Gasteiger charge is -2.02. The molecule has 0 radical (unpaired) electrons. The summed E-state index contributed by atoms with van der Waals surface area (Å²) in [6.45, 7) is 2.14. The average molecular weight is 387 g/mol. The van der Waals surface area contributed by atoms with E-state index in [0.717, 1.165) is 22.0 Å².